The van der Waals surface area contributed by atoms with Crippen LogP contribution in [0.15, 0.2) is 23.3 Å². The van der Waals surface area contributed by atoms with E-state index in [-0.39, 0.29) is 17.3 Å². The highest BCUT2D eigenvalue weighted by atomic mass is 16.3. The van der Waals surface area contributed by atoms with Gasteiger partial charge < -0.3 is 5.11 Å². The van der Waals surface area contributed by atoms with E-state index in [4.69, 9.17) is 0 Å². The first-order valence-corrected chi connectivity index (χ1v) is 5.98. The Kier molecular flexibility index (Phi) is 4.09. The maximum absolute atomic E-state index is 11.3. The molecule has 1 atom stereocenters. The van der Waals surface area contributed by atoms with Gasteiger partial charge in [-0.25, -0.2) is 0 Å². The molecule has 0 spiro atoms. The minimum absolute atomic E-state index is 0.135. The molecule has 0 radical (unpaired) electrons. The number of ketones is 1. The molecule has 0 aromatic carbocycles. The average molecular weight is 222 g/mol. The van der Waals surface area contributed by atoms with Gasteiger partial charge in [0.2, 0.25) is 0 Å². The maximum atomic E-state index is 11.3. The molecular formula is C14H22O2. The highest BCUT2D eigenvalue weighted by Crippen LogP contribution is 2.40. The van der Waals surface area contributed by atoms with Gasteiger partial charge >= 0.3 is 0 Å². The lowest BCUT2D eigenvalue weighted by Gasteiger charge is -2.37. The average Bonchev–Trinajstić information content (AvgIpc) is 2.23. The summed E-state index contributed by atoms with van der Waals surface area (Å²) in [5.74, 6) is 0.135. The van der Waals surface area contributed by atoms with Gasteiger partial charge in [-0.05, 0) is 31.4 Å². The Labute approximate surface area is 98.1 Å². The third kappa shape index (κ3) is 2.62. The van der Waals surface area contributed by atoms with E-state index in [9.17, 15) is 9.90 Å². The van der Waals surface area contributed by atoms with Crippen molar-refractivity contribution in [3.63, 3.8) is 0 Å². The second-order valence-electron chi connectivity index (χ2n) is 5.12. The van der Waals surface area contributed by atoms with Crippen LogP contribution in [0.25, 0.3) is 0 Å². The van der Waals surface area contributed by atoms with Crippen LogP contribution in [-0.2, 0) is 4.79 Å². The van der Waals surface area contributed by atoms with Gasteiger partial charge in [0.1, 0.15) is 0 Å². The number of hydrogen-bond donors (Lipinski definition) is 1. The first-order chi connectivity index (χ1) is 7.39. The van der Waals surface area contributed by atoms with Gasteiger partial charge in [0.25, 0.3) is 0 Å². The van der Waals surface area contributed by atoms with Crippen LogP contribution >= 0.6 is 0 Å². The van der Waals surface area contributed by atoms with Gasteiger partial charge in [0, 0.05) is 11.8 Å². The largest absolute Gasteiger partial charge is 0.392 e. The molecule has 0 fully saturated rings. The molecule has 0 aromatic heterocycles. The summed E-state index contributed by atoms with van der Waals surface area (Å²) < 4.78 is 0. The molecule has 0 heterocycles. The molecule has 0 aromatic rings. The van der Waals surface area contributed by atoms with Crippen LogP contribution in [0, 0.1) is 5.41 Å². The van der Waals surface area contributed by atoms with E-state index in [1.807, 2.05) is 26.8 Å². The summed E-state index contributed by atoms with van der Waals surface area (Å²) in [5, 5.41) is 9.99. The second kappa shape index (κ2) is 4.96. The molecule has 1 N–H and O–H groups in total. The summed E-state index contributed by atoms with van der Waals surface area (Å²) in [5.41, 5.74) is 2.16. The van der Waals surface area contributed by atoms with E-state index >= 15 is 0 Å². The van der Waals surface area contributed by atoms with E-state index in [1.54, 1.807) is 6.08 Å². The standard InChI is InChI=1S/C14H22O2/c1-5-11(15)7-8-12-10(2)6-9-13(16)14(12,3)4/h7-8,13,16H,5-6,9H2,1-4H3. The van der Waals surface area contributed by atoms with Gasteiger partial charge in [-0.2, -0.15) is 0 Å². The predicted octanol–water partition coefficient (Wildman–Crippen LogP) is 3.02. The normalized spacial score (nSPS) is 25.2. The highest BCUT2D eigenvalue weighted by molar-refractivity contribution is 5.89. The molecule has 0 saturated heterocycles. The Morgan fingerprint density at radius 3 is 2.75 bits per heavy atom. The fourth-order valence-corrected chi connectivity index (χ4v) is 2.23. The zero-order valence-electron chi connectivity index (χ0n) is 10.7. The lowest BCUT2D eigenvalue weighted by molar-refractivity contribution is -0.114. The third-order valence-corrected chi connectivity index (χ3v) is 3.56. The topological polar surface area (TPSA) is 37.3 Å². The van der Waals surface area contributed by atoms with E-state index in [2.05, 4.69) is 6.92 Å². The van der Waals surface area contributed by atoms with E-state index in [1.165, 1.54) is 5.57 Å². The molecule has 0 saturated carbocycles. The second-order valence-corrected chi connectivity index (χ2v) is 5.12. The number of carbonyl (C=O) groups is 1. The van der Waals surface area contributed by atoms with Crippen molar-refractivity contribution in [1.29, 1.82) is 0 Å². The highest BCUT2D eigenvalue weighted by Gasteiger charge is 2.34. The molecule has 1 aliphatic carbocycles. The minimum Gasteiger partial charge on any atom is -0.392 e. The molecule has 0 amide bonds. The van der Waals surface area contributed by atoms with Crippen molar-refractivity contribution < 1.29 is 9.90 Å². The zero-order chi connectivity index (χ0) is 12.3. The minimum atomic E-state index is -0.312. The van der Waals surface area contributed by atoms with Crippen molar-refractivity contribution in [2.45, 2.75) is 53.1 Å². The molecule has 2 nitrogen and oxygen atoms in total. The van der Waals surface area contributed by atoms with Gasteiger partial charge in [0.05, 0.1) is 6.10 Å². The molecule has 16 heavy (non-hydrogen) atoms. The molecule has 2 heteroatoms. The third-order valence-electron chi connectivity index (χ3n) is 3.56. The summed E-state index contributed by atoms with van der Waals surface area (Å²) in [6.45, 7) is 8.02. The summed E-state index contributed by atoms with van der Waals surface area (Å²) in [6.07, 6.45) is 5.49. The molecular weight excluding hydrogens is 200 g/mol. The summed E-state index contributed by atoms with van der Waals surface area (Å²) >= 11 is 0. The van der Waals surface area contributed by atoms with Crippen molar-refractivity contribution in [3.8, 4) is 0 Å². The summed E-state index contributed by atoms with van der Waals surface area (Å²) in [7, 11) is 0. The molecule has 0 aliphatic heterocycles. The Hall–Kier alpha value is -0.890. The van der Waals surface area contributed by atoms with E-state index in [0.29, 0.717) is 6.42 Å². The van der Waals surface area contributed by atoms with E-state index in [0.717, 1.165) is 18.4 Å². The van der Waals surface area contributed by atoms with Crippen molar-refractivity contribution in [2.24, 2.45) is 5.41 Å². The fraction of sp³-hybridized carbons (Fsp3) is 0.643. The molecule has 90 valence electrons. The number of allylic oxidation sites excluding steroid dienone is 3. The van der Waals surface area contributed by atoms with Crippen LogP contribution in [0.1, 0.15) is 47.0 Å². The van der Waals surface area contributed by atoms with Gasteiger partial charge in [-0.3, -0.25) is 4.79 Å². The number of rotatable bonds is 3. The first kappa shape index (κ1) is 13.2. The lowest BCUT2D eigenvalue weighted by Crippen LogP contribution is -2.34. The SMILES string of the molecule is CCC(=O)C=CC1=C(C)CCC(O)C1(C)C. The molecule has 1 rings (SSSR count). The Bertz CT molecular complexity index is 335. The van der Waals surface area contributed by atoms with Gasteiger partial charge in [0.15, 0.2) is 5.78 Å². The number of aliphatic hydroxyl groups is 1. The van der Waals surface area contributed by atoms with Crippen LogP contribution in [0.4, 0.5) is 0 Å². The molecule has 0 bridgehead atoms. The summed E-state index contributed by atoms with van der Waals surface area (Å²) in [6, 6.07) is 0. The van der Waals surface area contributed by atoms with Crippen LogP contribution in [0.2, 0.25) is 0 Å². The van der Waals surface area contributed by atoms with Crippen molar-refractivity contribution in [1.82, 2.24) is 0 Å². The first-order valence-electron chi connectivity index (χ1n) is 5.98. The molecule has 1 unspecified atom stereocenters. The maximum Gasteiger partial charge on any atom is 0.155 e. The monoisotopic (exact) mass is 222 g/mol. The van der Waals surface area contributed by atoms with Crippen LogP contribution in [-0.4, -0.2) is 17.0 Å². The van der Waals surface area contributed by atoms with Crippen molar-refractivity contribution in [3.05, 3.63) is 23.3 Å². The lowest BCUT2D eigenvalue weighted by atomic mass is 9.70. The summed E-state index contributed by atoms with van der Waals surface area (Å²) in [4.78, 5) is 11.3. The Morgan fingerprint density at radius 2 is 2.19 bits per heavy atom. The fourth-order valence-electron chi connectivity index (χ4n) is 2.23. The van der Waals surface area contributed by atoms with Gasteiger partial charge in [-0.15, -0.1) is 0 Å². The molecule has 1 aliphatic rings. The van der Waals surface area contributed by atoms with Crippen molar-refractivity contribution in [2.75, 3.05) is 0 Å². The predicted molar refractivity (Wildman–Crippen MR) is 66.2 cm³/mol. The quantitative estimate of drug-likeness (QED) is 0.745. The number of carbonyl (C=O) groups excluding carboxylic acids is 1. The zero-order valence-corrected chi connectivity index (χ0v) is 10.7. The van der Waals surface area contributed by atoms with Gasteiger partial charge in [-0.1, -0.05) is 32.4 Å². The van der Waals surface area contributed by atoms with E-state index < -0.39 is 0 Å². The number of hydrogen-bond acceptors (Lipinski definition) is 2. The van der Waals surface area contributed by atoms with Crippen LogP contribution in [0.3, 0.4) is 0 Å². The van der Waals surface area contributed by atoms with Crippen molar-refractivity contribution >= 4 is 5.78 Å². The van der Waals surface area contributed by atoms with Crippen LogP contribution < -0.4 is 0 Å². The Balaban J connectivity index is 2.99. The Morgan fingerprint density at radius 1 is 1.56 bits per heavy atom. The van der Waals surface area contributed by atoms with Crippen LogP contribution in [0.5, 0.6) is 0 Å². The smallest absolute Gasteiger partial charge is 0.155 e. The number of aliphatic hydroxyl groups excluding tert-OH is 1.